The van der Waals surface area contributed by atoms with E-state index in [4.69, 9.17) is 15.6 Å². The van der Waals surface area contributed by atoms with Gasteiger partial charge in [-0.3, -0.25) is 0 Å². The van der Waals surface area contributed by atoms with Gasteiger partial charge in [0.05, 0.1) is 17.9 Å². The lowest BCUT2D eigenvalue weighted by atomic mass is 10.2. The van der Waals surface area contributed by atoms with E-state index in [2.05, 4.69) is 4.98 Å². The number of pyridine rings is 1. The summed E-state index contributed by atoms with van der Waals surface area (Å²) in [6.45, 7) is 1.23. The minimum atomic E-state index is -1.03. The maximum absolute atomic E-state index is 11.0. The van der Waals surface area contributed by atoms with Crippen molar-refractivity contribution in [1.29, 1.82) is 0 Å². The molecule has 0 unspecified atom stereocenters. The Kier molecular flexibility index (Phi) is 3.66. The first-order valence-corrected chi connectivity index (χ1v) is 5.88. The van der Waals surface area contributed by atoms with Crippen LogP contribution in [0.15, 0.2) is 12.3 Å². The van der Waals surface area contributed by atoms with Crippen LogP contribution in [0.4, 0.5) is 11.5 Å². The zero-order valence-electron chi connectivity index (χ0n) is 10.3. The molecule has 1 aromatic rings. The lowest BCUT2D eigenvalue weighted by Gasteiger charge is -2.24. The molecular formula is C12H17N3O3. The molecule has 0 bridgehead atoms. The number of aromatic carboxylic acids is 1. The third-order valence-electron chi connectivity index (χ3n) is 3.00. The lowest BCUT2D eigenvalue weighted by molar-refractivity contribution is 0.0698. The average molecular weight is 251 g/mol. The van der Waals surface area contributed by atoms with Gasteiger partial charge in [0, 0.05) is 25.9 Å². The standard InChI is InChI=1S/C12H17N3O3/c1-18-7-6-15(8-2-3-8)11-10(13)9(12(16)17)4-5-14-11/h4-5,8H,2-3,6-7,13H2,1H3,(H,16,17). The largest absolute Gasteiger partial charge is 0.478 e. The highest BCUT2D eigenvalue weighted by Crippen LogP contribution is 2.34. The van der Waals surface area contributed by atoms with Crippen LogP contribution in [-0.2, 0) is 4.74 Å². The van der Waals surface area contributed by atoms with Crippen molar-refractivity contribution in [2.24, 2.45) is 0 Å². The Labute approximate surface area is 105 Å². The molecule has 0 spiro atoms. The number of ether oxygens (including phenoxy) is 1. The summed E-state index contributed by atoms with van der Waals surface area (Å²) in [5.74, 6) is -0.479. The number of carbonyl (C=O) groups is 1. The molecule has 0 atom stereocenters. The number of aromatic nitrogens is 1. The highest BCUT2D eigenvalue weighted by atomic mass is 16.5. The number of hydrogen-bond donors (Lipinski definition) is 2. The van der Waals surface area contributed by atoms with E-state index in [1.807, 2.05) is 4.90 Å². The number of hydrogen-bond acceptors (Lipinski definition) is 5. The number of rotatable bonds is 6. The van der Waals surface area contributed by atoms with Gasteiger partial charge in [0.2, 0.25) is 0 Å². The fourth-order valence-electron chi connectivity index (χ4n) is 1.91. The van der Waals surface area contributed by atoms with E-state index < -0.39 is 5.97 Å². The molecule has 1 aliphatic carbocycles. The number of carboxylic acid groups (broad SMARTS) is 1. The van der Waals surface area contributed by atoms with Crippen molar-refractivity contribution in [2.75, 3.05) is 30.9 Å². The van der Waals surface area contributed by atoms with Crippen LogP contribution in [0.5, 0.6) is 0 Å². The quantitative estimate of drug-likeness (QED) is 0.783. The number of nitrogen functional groups attached to an aromatic ring is 1. The SMILES string of the molecule is COCCN(c1nccc(C(=O)O)c1N)C1CC1. The predicted molar refractivity (Wildman–Crippen MR) is 67.9 cm³/mol. The maximum atomic E-state index is 11.0. The minimum absolute atomic E-state index is 0.100. The van der Waals surface area contributed by atoms with Crippen molar-refractivity contribution in [2.45, 2.75) is 18.9 Å². The summed E-state index contributed by atoms with van der Waals surface area (Å²) < 4.78 is 5.06. The molecule has 2 rings (SSSR count). The summed E-state index contributed by atoms with van der Waals surface area (Å²) in [5.41, 5.74) is 6.23. The van der Waals surface area contributed by atoms with Crippen molar-refractivity contribution in [3.63, 3.8) is 0 Å². The molecule has 1 aliphatic rings. The summed E-state index contributed by atoms with van der Waals surface area (Å²) in [5, 5.41) is 9.05. The molecular weight excluding hydrogens is 234 g/mol. The van der Waals surface area contributed by atoms with E-state index in [1.54, 1.807) is 7.11 Å². The highest BCUT2D eigenvalue weighted by molar-refractivity contribution is 5.96. The van der Waals surface area contributed by atoms with Crippen molar-refractivity contribution < 1.29 is 14.6 Å². The second kappa shape index (κ2) is 5.22. The van der Waals surface area contributed by atoms with Gasteiger partial charge in [-0.1, -0.05) is 0 Å². The third-order valence-corrected chi connectivity index (χ3v) is 3.00. The van der Waals surface area contributed by atoms with Gasteiger partial charge in [-0.15, -0.1) is 0 Å². The molecule has 6 nitrogen and oxygen atoms in total. The Morgan fingerprint density at radius 1 is 1.67 bits per heavy atom. The number of carboxylic acids is 1. The monoisotopic (exact) mass is 251 g/mol. The molecule has 0 aliphatic heterocycles. The second-order valence-electron chi connectivity index (χ2n) is 4.32. The van der Waals surface area contributed by atoms with E-state index >= 15 is 0 Å². The van der Waals surface area contributed by atoms with Gasteiger partial charge in [-0.25, -0.2) is 9.78 Å². The van der Waals surface area contributed by atoms with Crippen molar-refractivity contribution in [3.8, 4) is 0 Å². The Bertz CT molecular complexity index is 446. The molecule has 1 heterocycles. The third kappa shape index (κ3) is 2.53. The summed E-state index contributed by atoms with van der Waals surface area (Å²) in [7, 11) is 1.63. The summed E-state index contributed by atoms with van der Waals surface area (Å²) in [4.78, 5) is 17.3. The van der Waals surface area contributed by atoms with Crippen LogP contribution in [0.3, 0.4) is 0 Å². The fraction of sp³-hybridized carbons (Fsp3) is 0.500. The van der Waals surface area contributed by atoms with Gasteiger partial charge in [-0.05, 0) is 18.9 Å². The summed E-state index contributed by atoms with van der Waals surface area (Å²) in [6.07, 6.45) is 3.65. The fourth-order valence-corrected chi connectivity index (χ4v) is 1.91. The normalized spacial score (nSPS) is 14.5. The van der Waals surface area contributed by atoms with E-state index in [9.17, 15) is 4.79 Å². The topological polar surface area (TPSA) is 88.7 Å². The molecule has 1 aromatic heterocycles. The molecule has 18 heavy (non-hydrogen) atoms. The van der Waals surface area contributed by atoms with Crippen LogP contribution in [0, 0.1) is 0 Å². The van der Waals surface area contributed by atoms with Crippen molar-refractivity contribution >= 4 is 17.5 Å². The van der Waals surface area contributed by atoms with E-state index in [0.29, 0.717) is 25.0 Å². The van der Waals surface area contributed by atoms with Gasteiger partial charge in [0.15, 0.2) is 5.82 Å². The van der Waals surface area contributed by atoms with Gasteiger partial charge < -0.3 is 20.5 Å². The summed E-state index contributed by atoms with van der Waals surface area (Å²) in [6, 6.07) is 1.82. The van der Waals surface area contributed by atoms with Crippen LogP contribution in [0.25, 0.3) is 0 Å². The Balaban J connectivity index is 2.29. The molecule has 0 saturated heterocycles. The molecule has 98 valence electrons. The van der Waals surface area contributed by atoms with Gasteiger partial charge in [-0.2, -0.15) is 0 Å². The van der Waals surface area contributed by atoms with Crippen LogP contribution < -0.4 is 10.6 Å². The van der Waals surface area contributed by atoms with Crippen molar-refractivity contribution in [1.82, 2.24) is 4.98 Å². The average Bonchev–Trinajstić information content (AvgIpc) is 3.15. The van der Waals surface area contributed by atoms with E-state index in [-0.39, 0.29) is 11.3 Å². The molecule has 0 radical (unpaired) electrons. The van der Waals surface area contributed by atoms with E-state index in [0.717, 1.165) is 12.8 Å². The molecule has 3 N–H and O–H groups in total. The Morgan fingerprint density at radius 2 is 2.39 bits per heavy atom. The molecule has 6 heteroatoms. The van der Waals surface area contributed by atoms with E-state index in [1.165, 1.54) is 12.3 Å². The first-order valence-electron chi connectivity index (χ1n) is 5.88. The van der Waals surface area contributed by atoms with Crippen LogP contribution in [0.1, 0.15) is 23.2 Å². The highest BCUT2D eigenvalue weighted by Gasteiger charge is 2.31. The zero-order valence-corrected chi connectivity index (χ0v) is 10.3. The first kappa shape index (κ1) is 12.6. The van der Waals surface area contributed by atoms with Crippen molar-refractivity contribution in [3.05, 3.63) is 17.8 Å². The first-order chi connectivity index (χ1) is 8.65. The summed E-state index contributed by atoms with van der Waals surface area (Å²) >= 11 is 0. The number of methoxy groups -OCH3 is 1. The van der Waals surface area contributed by atoms with Gasteiger partial charge in [0.1, 0.15) is 0 Å². The second-order valence-corrected chi connectivity index (χ2v) is 4.32. The number of nitrogens with zero attached hydrogens (tertiary/aromatic N) is 2. The van der Waals surface area contributed by atoms with Crippen LogP contribution in [0.2, 0.25) is 0 Å². The zero-order chi connectivity index (χ0) is 13.1. The molecule has 0 aromatic carbocycles. The minimum Gasteiger partial charge on any atom is -0.478 e. The lowest BCUT2D eigenvalue weighted by Crippen LogP contribution is -2.31. The van der Waals surface area contributed by atoms with Gasteiger partial charge in [0.25, 0.3) is 0 Å². The Morgan fingerprint density at radius 3 is 2.94 bits per heavy atom. The molecule has 1 saturated carbocycles. The maximum Gasteiger partial charge on any atom is 0.337 e. The smallest absolute Gasteiger partial charge is 0.337 e. The van der Waals surface area contributed by atoms with Gasteiger partial charge >= 0.3 is 5.97 Å². The molecule has 0 amide bonds. The predicted octanol–water partition coefficient (Wildman–Crippen LogP) is 0.977. The molecule has 1 fully saturated rings. The number of anilines is 2. The number of nitrogens with two attached hydrogens (primary N) is 1. The Hall–Kier alpha value is -1.82. The van der Waals surface area contributed by atoms with Crippen LogP contribution in [-0.4, -0.2) is 42.4 Å². The van der Waals surface area contributed by atoms with Crippen LogP contribution >= 0.6 is 0 Å².